The van der Waals surface area contributed by atoms with Gasteiger partial charge in [-0.3, -0.25) is 4.79 Å². The van der Waals surface area contributed by atoms with Crippen molar-refractivity contribution in [3.63, 3.8) is 0 Å². The molecule has 0 bridgehead atoms. The Labute approximate surface area is 160 Å². The van der Waals surface area contributed by atoms with Crippen LogP contribution in [0, 0.1) is 0 Å². The van der Waals surface area contributed by atoms with Gasteiger partial charge in [0, 0.05) is 30.7 Å². The number of benzene rings is 1. The van der Waals surface area contributed by atoms with Gasteiger partial charge in [-0.15, -0.1) is 12.4 Å². The third kappa shape index (κ3) is 4.68. The van der Waals surface area contributed by atoms with E-state index in [1.54, 1.807) is 17.0 Å². The Hall–Kier alpha value is -1.35. The molecule has 2 N–H and O–H groups in total. The summed E-state index contributed by atoms with van der Waals surface area (Å²) in [5, 5.41) is 3.23. The fraction of sp³-hybridized carbons (Fsp3) is 0.588. The van der Waals surface area contributed by atoms with Crippen molar-refractivity contribution in [2.24, 2.45) is 0 Å². The first kappa shape index (κ1) is 21.0. The number of hydrogen-bond donors (Lipinski definition) is 2. The Morgan fingerprint density at radius 3 is 2.35 bits per heavy atom. The van der Waals surface area contributed by atoms with E-state index in [1.165, 1.54) is 13.2 Å². The van der Waals surface area contributed by atoms with Crippen LogP contribution in [0.3, 0.4) is 0 Å². The van der Waals surface area contributed by atoms with Crippen molar-refractivity contribution in [3.05, 3.63) is 23.8 Å². The van der Waals surface area contributed by atoms with Gasteiger partial charge in [-0.05, 0) is 50.9 Å². The molecule has 1 amide bonds. The predicted molar refractivity (Wildman–Crippen MR) is 102 cm³/mol. The average Bonchev–Trinajstić information content (AvgIpc) is 3.44. The molecule has 0 spiro atoms. The van der Waals surface area contributed by atoms with Crippen LogP contribution in [-0.2, 0) is 10.0 Å². The van der Waals surface area contributed by atoms with E-state index in [1.807, 2.05) is 7.05 Å². The number of halogens is 1. The molecule has 0 radical (unpaired) electrons. The first-order valence-corrected chi connectivity index (χ1v) is 10.1. The van der Waals surface area contributed by atoms with E-state index in [0.29, 0.717) is 24.7 Å². The van der Waals surface area contributed by atoms with Gasteiger partial charge in [0.25, 0.3) is 5.91 Å². The number of carbonyl (C=O) groups is 1. The van der Waals surface area contributed by atoms with E-state index < -0.39 is 10.0 Å². The number of ether oxygens (including phenoxy) is 1. The molecule has 3 rings (SSSR count). The number of hydrogen-bond acceptors (Lipinski definition) is 5. The Bertz CT molecular complexity index is 744. The smallest absolute Gasteiger partial charge is 0.253 e. The Morgan fingerprint density at radius 1 is 1.15 bits per heavy atom. The summed E-state index contributed by atoms with van der Waals surface area (Å²) in [5.41, 5.74) is 0.375. The fourth-order valence-electron chi connectivity index (χ4n) is 3.06. The Kier molecular flexibility index (Phi) is 6.90. The third-order valence-corrected chi connectivity index (χ3v) is 6.33. The van der Waals surface area contributed by atoms with Crippen molar-refractivity contribution >= 4 is 28.3 Å². The lowest BCUT2D eigenvalue weighted by atomic mass is 10.0. The second-order valence-corrected chi connectivity index (χ2v) is 8.30. The predicted octanol–water partition coefficient (Wildman–Crippen LogP) is 1.38. The largest absolute Gasteiger partial charge is 0.495 e. The molecule has 2 fully saturated rings. The van der Waals surface area contributed by atoms with E-state index in [-0.39, 0.29) is 35.0 Å². The summed E-state index contributed by atoms with van der Waals surface area (Å²) in [6, 6.07) is 5.03. The van der Waals surface area contributed by atoms with Crippen LogP contribution in [0.25, 0.3) is 0 Å². The molecule has 2 aliphatic rings. The van der Waals surface area contributed by atoms with Crippen LogP contribution < -0.4 is 14.8 Å². The van der Waals surface area contributed by atoms with Crippen LogP contribution >= 0.6 is 12.4 Å². The maximum absolute atomic E-state index is 12.8. The van der Waals surface area contributed by atoms with Gasteiger partial charge in [0.05, 0.1) is 7.11 Å². The summed E-state index contributed by atoms with van der Waals surface area (Å²) in [4.78, 5) is 14.6. The highest BCUT2D eigenvalue weighted by Crippen LogP contribution is 2.29. The van der Waals surface area contributed by atoms with Crippen LogP contribution in [0.1, 0.15) is 36.0 Å². The minimum Gasteiger partial charge on any atom is -0.495 e. The zero-order valence-corrected chi connectivity index (χ0v) is 16.7. The molecule has 26 heavy (non-hydrogen) atoms. The molecule has 7 nitrogen and oxygen atoms in total. The van der Waals surface area contributed by atoms with Gasteiger partial charge < -0.3 is 15.0 Å². The van der Waals surface area contributed by atoms with E-state index in [9.17, 15) is 13.2 Å². The van der Waals surface area contributed by atoms with Crippen molar-refractivity contribution in [2.75, 3.05) is 27.2 Å². The lowest BCUT2D eigenvalue weighted by Crippen LogP contribution is -2.44. The molecule has 1 aromatic rings. The number of likely N-dealkylation sites (tertiary alicyclic amines) is 1. The minimum atomic E-state index is -3.70. The van der Waals surface area contributed by atoms with Crippen LogP contribution in [0.2, 0.25) is 0 Å². The number of nitrogens with zero attached hydrogens (tertiary/aromatic N) is 1. The molecule has 1 heterocycles. The van der Waals surface area contributed by atoms with Gasteiger partial charge >= 0.3 is 0 Å². The molecular weight excluding hydrogens is 378 g/mol. The zero-order chi connectivity index (χ0) is 18.0. The minimum absolute atomic E-state index is 0. The first-order chi connectivity index (χ1) is 11.9. The van der Waals surface area contributed by atoms with Crippen LogP contribution in [0.15, 0.2) is 23.1 Å². The molecule has 146 valence electrons. The summed E-state index contributed by atoms with van der Waals surface area (Å²) < 4.78 is 33.0. The molecule has 0 aromatic heterocycles. The van der Waals surface area contributed by atoms with Crippen molar-refractivity contribution in [1.82, 2.24) is 14.9 Å². The van der Waals surface area contributed by atoms with Gasteiger partial charge in [-0.1, -0.05) is 0 Å². The van der Waals surface area contributed by atoms with E-state index >= 15 is 0 Å². The van der Waals surface area contributed by atoms with Gasteiger partial charge in [-0.2, -0.15) is 0 Å². The lowest BCUT2D eigenvalue weighted by molar-refractivity contribution is 0.0707. The van der Waals surface area contributed by atoms with Crippen LogP contribution in [0.4, 0.5) is 0 Å². The molecular formula is C17H26ClN3O4S. The standard InChI is InChI=1S/C17H25N3O4S.ClH/c1-18-13-7-9-20(10-8-13)17(21)12-3-6-15(24-2)16(11-12)25(22,23)19-14-4-5-14;/h3,6,11,13-14,18-19H,4-5,7-10H2,1-2H3;1H. The van der Waals surface area contributed by atoms with E-state index in [4.69, 9.17) is 4.74 Å². The Morgan fingerprint density at radius 2 is 1.81 bits per heavy atom. The number of sulfonamides is 1. The maximum Gasteiger partial charge on any atom is 0.253 e. The number of carbonyl (C=O) groups excluding carboxylic acids is 1. The van der Waals surface area contributed by atoms with Gasteiger partial charge in [0.2, 0.25) is 10.0 Å². The lowest BCUT2D eigenvalue weighted by Gasteiger charge is -2.32. The monoisotopic (exact) mass is 403 g/mol. The molecule has 1 aliphatic carbocycles. The maximum atomic E-state index is 12.8. The quantitative estimate of drug-likeness (QED) is 0.749. The molecule has 9 heteroatoms. The van der Waals surface area contributed by atoms with Crippen molar-refractivity contribution in [2.45, 2.75) is 42.7 Å². The first-order valence-electron chi connectivity index (χ1n) is 8.61. The molecule has 1 saturated heterocycles. The molecule has 1 aliphatic heterocycles. The van der Waals surface area contributed by atoms with E-state index in [0.717, 1.165) is 25.7 Å². The third-order valence-electron chi connectivity index (χ3n) is 4.79. The summed E-state index contributed by atoms with van der Waals surface area (Å²) in [6.07, 6.45) is 3.49. The highest BCUT2D eigenvalue weighted by Gasteiger charge is 2.31. The van der Waals surface area contributed by atoms with Crippen LogP contribution in [-0.4, -0.2) is 58.6 Å². The highest BCUT2D eigenvalue weighted by atomic mass is 35.5. The number of amides is 1. The average molecular weight is 404 g/mol. The molecule has 1 aromatic carbocycles. The summed E-state index contributed by atoms with van der Waals surface area (Å²) in [7, 11) is -0.343. The topological polar surface area (TPSA) is 87.7 Å². The fourth-order valence-corrected chi connectivity index (χ4v) is 4.56. The molecule has 0 atom stereocenters. The summed E-state index contributed by atoms with van der Waals surface area (Å²) in [6.45, 7) is 1.33. The SMILES string of the molecule is CNC1CCN(C(=O)c2ccc(OC)c(S(=O)(=O)NC3CC3)c2)CC1.Cl. The number of nitrogens with one attached hydrogen (secondary N) is 2. The molecule has 0 unspecified atom stereocenters. The summed E-state index contributed by atoms with van der Waals surface area (Å²) in [5.74, 6) is 0.110. The second-order valence-electron chi connectivity index (χ2n) is 6.62. The zero-order valence-electron chi connectivity index (χ0n) is 15.0. The van der Waals surface area contributed by atoms with Gasteiger partial charge in [0.15, 0.2) is 0 Å². The van der Waals surface area contributed by atoms with Gasteiger partial charge in [-0.25, -0.2) is 13.1 Å². The van der Waals surface area contributed by atoms with Crippen molar-refractivity contribution in [3.8, 4) is 5.75 Å². The number of rotatable bonds is 6. The number of methoxy groups -OCH3 is 1. The normalized spacial score (nSPS) is 18.3. The second kappa shape index (κ2) is 8.56. The van der Waals surface area contributed by atoms with Crippen LogP contribution in [0.5, 0.6) is 5.75 Å². The Balaban J connectivity index is 0.00000243. The van der Waals surface area contributed by atoms with E-state index in [2.05, 4.69) is 10.0 Å². The highest BCUT2D eigenvalue weighted by molar-refractivity contribution is 7.89. The summed E-state index contributed by atoms with van der Waals surface area (Å²) >= 11 is 0. The van der Waals surface area contributed by atoms with Gasteiger partial charge in [0.1, 0.15) is 10.6 Å². The van der Waals surface area contributed by atoms with Crippen molar-refractivity contribution < 1.29 is 17.9 Å². The number of piperidine rings is 1. The van der Waals surface area contributed by atoms with Crippen molar-refractivity contribution in [1.29, 1.82) is 0 Å². The molecule has 1 saturated carbocycles.